The van der Waals surface area contributed by atoms with Gasteiger partial charge in [-0.05, 0) is 49.2 Å². The van der Waals surface area contributed by atoms with E-state index in [1.807, 2.05) is 6.92 Å². The summed E-state index contributed by atoms with van der Waals surface area (Å²) in [6.45, 7) is 3.10. The summed E-state index contributed by atoms with van der Waals surface area (Å²) in [6, 6.07) is 6.02. The summed E-state index contributed by atoms with van der Waals surface area (Å²) in [4.78, 5) is 22.0. The number of carbonyl (C=O) groups is 2. The van der Waals surface area contributed by atoms with Gasteiger partial charge >= 0.3 is 5.97 Å². The van der Waals surface area contributed by atoms with Crippen molar-refractivity contribution in [2.24, 2.45) is 0 Å². The van der Waals surface area contributed by atoms with E-state index in [0.717, 1.165) is 23.6 Å². The van der Waals surface area contributed by atoms with Crippen molar-refractivity contribution in [3.63, 3.8) is 0 Å². The fourth-order valence-electron chi connectivity index (χ4n) is 2.92. The highest BCUT2D eigenvalue weighted by Gasteiger charge is 2.17. The first-order valence-corrected chi connectivity index (χ1v) is 11.0. The Morgan fingerprint density at radius 2 is 1.90 bits per heavy atom. The fourth-order valence-corrected chi connectivity index (χ4v) is 3.94. The Morgan fingerprint density at radius 3 is 2.48 bits per heavy atom. The maximum absolute atomic E-state index is 14.0. The van der Waals surface area contributed by atoms with E-state index in [2.05, 4.69) is 0 Å². The van der Waals surface area contributed by atoms with E-state index < -0.39 is 28.0 Å². The number of hydrogen-bond donors (Lipinski definition) is 2. The van der Waals surface area contributed by atoms with Crippen LogP contribution in [0.5, 0.6) is 11.5 Å². The highest BCUT2D eigenvalue weighted by atomic mass is 32.2. The molecule has 7 nitrogen and oxygen atoms in total. The molecule has 0 saturated heterocycles. The number of benzene rings is 2. The number of ketones is 1. The lowest BCUT2D eigenvalue weighted by Crippen LogP contribution is -2.05. The second-order valence-electron chi connectivity index (χ2n) is 6.80. The number of hydrogen-bond acceptors (Lipinski definition) is 6. The van der Waals surface area contributed by atoms with Crippen LogP contribution in [-0.2, 0) is 27.5 Å². The van der Waals surface area contributed by atoms with Gasteiger partial charge in [-0.25, -0.2) is 12.8 Å². The number of rotatable bonds is 10. The van der Waals surface area contributed by atoms with Gasteiger partial charge in [-0.15, -0.1) is 0 Å². The monoisotopic (exact) mass is 450 g/mol. The number of carbonyl (C=O) groups excluding carboxylic acids is 1. The molecule has 0 unspecified atom stereocenters. The van der Waals surface area contributed by atoms with E-state index in [9.17, 15) is 27.5 Å². The summed E-state index contributed by atoms with van der Waals surface area (Å²) >= 11 is 0. The zero-order valence-corrected chi connectivity index (χ0v) is 17.9. The van der Waals surface area contributed by atoms with Crippen LogP contribution in [0, 0.1) is 5.82 Å². The molecule has 2 N–H and O–H groups in total. The molecule has 0 bridgehead atoms. The van der Waals surface area contributed by atoms with Crippen molar-refractivity contribution in [3.8, 4) is 11.5 Å². The Balaban J connectivity index is 2.15. The number of Topliss-reactive ketones (excluding diaryl/α,β-unsaturated/α-hetero) is 1. The standard InChI is InChI=1S/C22H23FO7S/c1-3-5-18-20(9-8-17(14(2)24)22(18)27)30-10-4-11-31(28,29)16-7-6-15(12-21(25)26)19(23)13-16/h4,6-9,11,13,27H,3,5,10,12H2,1-2H3,(H,25,26)/b11-4-. The topological polar surface area (TPSA) is 118 Å². The van der Waals surface area contributed by atoms with Crippen LogP contribution < -0.4 is 4.74 Å². The van der Waals surface area contributed by atoms with Gasteiger partial charge in [-0.2, -0.15) is 0 Å². The molecular weight excluding hydrogens is 427 g/mol. The van der Waals surface area contributed by atoms with Crippen molar-refractivity contribution in [2.75, 3.05) is 6.61 Å². The first-order valence-electron chi connectivity index (χ1n) is 9.47. The van der Waals surface area contributed by atoms with E-state index >= 15 is 0 Å². The van der Waals surface area contributed by atoms with Gasteiger partial charge in [0.05, 0.1) is 16.9 Å². The molecular formula is C22H23FO7S. The molecule has 0 spiro atoms. The molecule has 0 amide bonds. The number of phenols is 1. The molecule has 166 valence electrons. The average molecular weight is 450 g/mol. The highest BCUT2D eigenvalue weighted by molar-refractivity contribution is 7.94. The Kier molecular flexibility index (Phi) is 7.93. The van der Waals surface area contributed by atoms with Crippen LogP contribution in [0.25, 0.3) is 0 Å². The van der Waals surface area contributed by atoms with Gasteiger partial charge in [0.2, 0.25) is 0 Å². The number of halogens is 1. The van der Waals surface area contributed by atoms with E-state index in [-0.39, 0.29) is 34.2 Å². The summed E-state index contributed by atoms with van der Waals surface area (Å²) in [7, 11) is -3.97. The molecule has 0 aliphatic rings. The van der Waals surface area contributed by atoms with Crippen LogP contribution in [0.15, 0.2) is 46.7 Å². The van der Waals surface area contributed by atoms with Crippen molar-refractivity contribution >= 4 is 21.6 Å². The number of aliphatic carboxylic acids is 1. The van der Waals surface area contributed by atoms with E-state index in [0.29, 0.717) is 24.2 Å². The van der Waals surface area contributed by atoms with Gasteiger partial charge < -0.3 is 14.9 Å². The minimum Gasteiger partial charge on any atom is -0.507 e. The van der Waals surface area contributed by atoms with Crippen LogP contribution in [0.1, 0.15) is 41.8 Å². The molecule has 0 aliphatic heterocycles. The van der Waals surface area contributed by atoms with Gasteiger partial charge in [-0.1, -0.05) is 19.4 Å². The molecule has 0 radical (unpaired) electrons. The third-order valence-corrected chi connectivity index (χ3v) is 5.89. The molecule has 0 heterocycles. The highest BCUT2D eigenvalue weighted by Crippen LogP contribution is 2.33. The predicted octanol–water partition coefficient (Wildman–Crippen LogP) is 3.68. The average Bonchev–Trinajstić information content (AvgIpc) is 2.68. The second kappa shape index (κ2) is 10.2. The van der Waals surface area contributed by atoms with Crippen molar-refractivity contribution in [2.45, 2.75) is 38.0 Å². The van der Waals surface area contributed by atoms with Crippen molar-refractivity contribution in [1.29, 1.82) is 0 Å². The van der Waals surface area contributed by atoms with Crippen molar-refractivity contribution in [3.05, 3.63) is 64.3 Å². The van der Waals surface area contributed by atoms with Crippen LogP contribution in [0.3, 0.4) is 0 Å². The molecule has 2 aromatic rings. The summed E-state index contributed by atoms with van der Waals surface area (Å²) in [5.74, 6) is -2.25. The van der Waals surface area contributed by atoms with Gasteiger partial charge in [0.1, 0.15) is 23.9 Å². The van der Waals surface area contributed by atoms with Crippen LogP contribution in [0.2, 0.25) is 0 Å². The Hall–Kier alpha value is -3.20. The van der Waals surface area contributed by atoms with Gasteiger partial charge in [-0.3, -0.25) is 9.59 Å². The summed E-state index contributed by atoms with van der Waals surface area (Å²) in [5.41, 5.74) is 0.529. The second-order valence-corrected chi connectivity index (χ2v) is 8.63. The third-order valence-electron chi connectivity index (χ3n) is 4.42. The number of ether oxygens (including phenoxy) is 1. The van der Waals surface area contributed by atoms with Crippen molar-refractivity contribution in [1.82, 2.24) is 0 Å². The lowest BCUT2D eigenvalue weighted by Gasteiger charge is -2.13. The zero-order chi connectivity index (χ0) is 23.2. The van der Waals surface area contributed by atoms with Gasteiger partial charge in [0.15, 0.2) is 15.6 Å². The van der Waals surface area contributed by atoms with Gasteiger partial charge in [0.25, 0.3) is 0 Å². The predicted molar refractivity (Wildman–Crippen MR) is 112 cm³/mol. The largest absolute Gasteiger partial charge is 0.507 e. The quantitative estimate of drug-likeness (QED) is 0.530. The summed E-state index contributed by atoms with van der Waals surface area (Å²) in [6.07, 6.45) is 1.83. The minimum absolute atomic E-state index is 0.115. The number of phenolic OH excluding ortho intramolecular Hbond substituents is 1. The smallest absolute Gasteiger partial charge is 0.307 e. The molecule has 2 rings (SSSR count). The first-order chi connectivity index (χ1) is 14.6. The van der Waals surface area contributed by atoms with Gasteiger partial charge in [0, 0.05) is 11.0 Å². The minimum atomic E-state index is -3.97. The molecule has 0 saturated carbocycles. The lowest BCUT2D eigenvalue weighted by atomic mass is 10.0. The van der Waals surface area contributed by atoms with E-state index in [4.69, 9.17) is 9.84 Å². The molecule has 31 heavy (non-hydrogen) atoms. The molecule has 0 fully saturated rings. The summed E-state index contributed by atoms with van der Waals surface area (Å²) in [5, 5.41) is 19.9. The van der Waals surface area contributed by atoms with E-state index in [1.54, 1.807) is 6.07 Å². The molecule has 0 atom stereocenters. The molecule has 0 aliphatic carbocycles. The molecule has 9 heteroatoms. The van der Waals surface area contributed by atoms with Crippen LogP contribution in [-0.4, -0.2) is 37.0 Å². The van der Waals surface area contributed by atoms with Crippen LogP contribution in [0.4, 0.5) is 4.39 Å². The maximum atomic E-state index is 14.0. The summed E-state index contributed by atoms with van der Waals surface area (Å²) < 4.78 is 44.3. The molecule has 2 aromatic carbocycles. The number of sulfone groups is 1. The zero-order valence-electron chi connectivity index (χ0n) is 17.1. The number of carboxylic acid groups (broad SMARTS) is 1. The fraction of sp³-hybridized carbons (Fsp3) is 0.273. The Labute approximate surface area is 179 Å². The first kappa shape index (κ1) is 24.1. The molecule has 0 aromatic heterocycles. The van der Waals surface area contributed by atoms with E-state index in [1.165, 1.54) is 19.1 Å². The van der Waals surface area contributed by atoms with Crippen LogP contribution >= 0.6 is 0 Å². The Bertz CT molecular complexity index is 1120. The number of carboxylic acids is 1. The lowest BCUT2D eigenvalue weighted by molar-refractivity contribution is -0.136. The third kappa shape index (κ3) is 6.14. The maximum Gasteiger partial charge on any atom is 0.307 e. The van der Waals surface area contributed by atoms with Crippen molar-refractivity contribution < 1.29 is 37.3 Å². The normalized spacial score (nSPS) is 11.6. The Morgan fingerprint density at radius 1 is 1.19 bits per heavy atom. The SMILES string of the molecule is CCCc1c(OC/C=C\S(=O)(=O)c2ccc(CC(=O)O)c(F)c2)ccc(C(C)=O)c1O. The number of aromatic hydroxyl groups is 1.